The van der Waals surface area contributed by atoms with Crippen LogP contribution in [0.2, 0.25) is 0 Å². The van der Waals surface area contributed by atoms with Gasteiger partial charge in [0.15, 0.2) is 0 Å². The van der Waals surface area contributed by atoms with Gasteiger partial charge in [0, 0.05) is 27.8 Å². The van der Waals surface area contributed by atoms with Gasteiger partial charge in [-0.15, -0.1) is 0 Å². The summed E-state index contributed by atoms with van der Waals surface area (Å²) in [7, 11) is 6.90. The van der Waals surface area contributed by atoms with E-state index in [1.807, 2.05) is 20.9 Å². The molecule has 0 aromatic rings. The SMILES string of the molecule is CCCCCCCCCCCN(C)[C@H](C(=O)N[C@H](C(=O)N(C)[C@@H]([C@@H](C)CC)[C@@H](CC(=O)NCCC[C@@H]1C[C@@]1(OC)[C@@H](C)C(=O)N[C@@H](C)C(=O)O)OC)C(C)C)C(C)C. The minimum atomic E-state index is -1.10. The van der Waals surface area contributed by atoms with Gasteiger partial charge in [0.25, 0.3) is 0 Å². The summed E-state index contributed by atoms with van der Waals surface area (Å²) in [6, 6.07) is -2.51. The van der Waals surface area contributed by atoms with E-state index in [0.29, 0.717) is 19.4 Å². The Balaban J connectivity index is 2.85. The molecule has 0 unspecified atom stereocenters. The third kappa shape index (κ3) is 16.7. The number of nitrogens with zero attached hydrogens (tertiary/aromatic N) is 2. The quantitative estimate of drug-likeness (QED) is 0.0561. The van der Waals surface area contributed by atoms with E-state index in [1.165, 1.54) is 51.9 Å². The number of hydrogen-bond donors (Lipinski definition) is 4. The summed E-state index contributed by atoms with van der Waals surface area (Å²) in [4.78, 5) is 69.3. The Kier molecular flexibility index (Phi) is 24.9. The van der Waals surface area contributed by atoms with Crippen molar-refractivity contribution in [1.82, 2.24) is 25.8 Å². The number of rotatable bonds is 32. The van der Waals surface area contributed by atoms with Gasteiger partial charge in [0.2, 0.25) is 23.6 Å². The largest absolute Gasteiger partial charge is 0.480 e. The lowest BCUT2D eigenvalue weighted by Crippen LogP contribution is -2.59. The van der Waals surface area contributed by atoms with Crippen LogP contribution < -0.4 is 16.0 Å². The molecule has 1 rings (SSSR count). The van der Waals surface area contributed by atoms with Crippen LogP contribution in [0.1, 0.15) is 152 Å². The number of carboxylic acids is 1. The minimum Gasteiger partial charge on any atom is -0.480 e. The number of methoxy groups -OCH3 is 2. The standard InChI is InChI=1S/C45H85N5O8/c1-14-16-17-18-19-20-21-22-23-27-49(10)39(31(5)6)42(53)48-38(30(3)4)43(54)50(11)40(32(7)15-2)36(57-12)28-37(51)46-26-24-25-35-29-45(35,58-13)33(8)41(52)47-34(9)44(55)56/h30-36,38-40H,14-29H2,1-13H3,(H,46,51)(H,47,52)(H,48,53)(H,55,56)/t32-,33-,34-,35+,36+,38-,39-,40-,45+/m0/s1. The van der Waals surface area contributed by atoms with Crippen LogP contribution in [0.15, 0.2) is 0 Å². The third-order valence-electron chi connectivity index (χ3n) is 12.7. The second-order valence-corrected chi connectivity index (χ2v) is 17.9. The molecule has 58 heavy (non-hydrogen) atoms. The number of carboxylic acid groups (broad SMARTS) is 1. The molecule has 4 N–H and O–H groups in total. The Morgan fingerprint density at radius 3 is 1.88 bits per heavy atom. The van der Waals surface area contributed by atoms with Crippen molar-refractivity contribution in [3.8, 4) is 0 Å². The van der Waals surface area contributed by atoms with Crippen LogP contribution in [0.25, 0.3) is 0 Å². The Bertz CT molecular complexity index is 1250. The van der Waals surface area contributed by atoms with Crippen LogP contribution in [0, 0.1) is 29.6 Å². The molecule has 4 amide bonds. The van der Waals surface area contributed by atoms with Gasteiger partial charge in [-0.3, -0.25) is 28.9 Å². The van der Waals surface area contributed by atoms with Gasteiger partial charge in [0.05, 0.1) is 36.1 Å². The van der Waals surface area contributed by atoms with Crippen LogP contribution >= 0.6 is 0 Å². The van der Waals surface area contributed by atoms with Crippen LogP contribution in [0.5, 0.6) is 0 Å². The fourth-order valence-electron chi connectivity index (χ4n) is 8.61. The molecule has 13 heteroatoms. The maximum absolute atomic E-state index is 14.3. The smallest absolute Gasteiger partial charge is 0.325 e. The zero-order chi connectivity index (χ0) is 44.2. The highest BCUT2D eigenvalue weighted by atomic mass is 16.5. The summed E-state index contributed by atoms with van der Waals surface area (Å²) in [6.07, 6.45) is 13.5. The molecule has 0 radical (unpaired) electrons. The van der Waals surface area contributed by atoms with E-state index < -0.39 is 41.7 Å². The highest BCUT2D eigenvalue weighted by molar-refractivity contribution is 5.90. The van der Waals surface area contributed by atoms with E-state index in [9.17, 15) is 29.1 Å². The van der Waals surface area contributed by atoms with E-state index in [4.69, 9.17) is 9.47 Å². The Morgan fingerprint density at radius 2 is 1.38 bits per heavy atom. The second kappa shape index (κ2) is 27.2. The van der Waals surface area contributed by atoms with Gasteiger partial charge < -0.3 is 35.4 Å². The lowest BCUT2D eigenvalue weighted by Gasteiger charge is -2.40. The second-order valence-electron chi connectivity index (χ2n) is 17.9. The van der Waals surface area contributed by atoms with Crippen molar-refractivity contribution in [3.05, 3.63) is 0 Å². The van der Waals surface area contributed by atoms with Crippen molar-refractivity contribution in [2.24, 2.45) is 29.6 Å². The summed E-state index contributed by atoms with van der Waals surface area (Å²) >= 11 is 0. The van der Waals surface area contributed by atoms with E-state index in [-0.39, 0.29) is 59.8 Å². The highest BCUT2D eigenvalue weighted by Crippen LogP contribution is 2.54. The molecule has 9 atom stereocenters. The summed E-state index contributed by atoms with van der Waals surface area (Å²) in [5.41, 5.74) is -0.653. The number of aliphatic carboxylic acids is 1. The van der Waals surface area contributed by atoms with Crippen molar-refractivity contribution in [2.45, 2.75) is 188 Å². The van der Waals surface area contributed by atoms with Crippen LogP contribution in [0.3, 0.4) is 0 Å². The number of carbonyl (C=O) groups excluding carboxylic acids is 4. The lowest BCUT2D eigenvalue weighted by molar-refractivity contribution is -0.144. The maximum Gasteiger partial charge on any atom is 0.325 e. The van der Waals surface area contributed by atoms with Crippen molar-refractivity contribution >= 4 is 29.6 Å². The van der Waals surface area contributed by atoms with E-state index in [1.54, 1.807) is 33.1 Å². The number of likely N-dealkylation sites (N-methyl/N-ethyl adjacent to an activating group) is 2. The van der Waals surface area contributed by atoms with Crippen molar-refractivity contribution in [1.29, 1.82) is 0 Å². The minimum absolute atomic E-state index is 0.0100. The number of ether oxygens (including phenoxy) is 2. The van der Waals surface area contributed by atoms with Gasteiger partial charge in [0.1, 0.15) is 12.1 Å². The highest BCUT2D eigenvalue weighted by Gasteiger charge is 2.59. The fraction of sp³-hybridized carbons (Fsp3) is 0.889. The number of carbonyl (C=O) groups is 5. The summed E-state index contributed by atoms with van der Waals surface area (Å²) in [5, 5.41) is 17.9. The molecule has 1 fully saturated rings. The number of unbranched alkanes of at least 4 members (excludes halogenated alkanes) is 8. The molecule has 1 aliphatic carbocycles. The molecule has 1 saturated carbocycles. The first-order valence-electron chi connectivity index (χ1n) is 22.5. The summed E-state index contributed by atoms with van der Waals surface area (Å²) in [5.74, 6) is -2.48. The Morgan fingerprint density at radius 1 is 0.793 bits per heavy atom. The lowest BCUT2D eigenvalue weighted by atomic mass is 9.89. The molecule has 0 heterocycles. The van der Waals surface area contributed by atoms with E-state index >= 15 is 0 Å². The molecule has 13 nitrogen and oxygen atoms in total. The van der Waals surface area contributed by atoms with Gasteiger partial charge >= 0.3 is 5.97 Å². The topological polar surface area (TPSA) is 167 Å². The zero-order valence-corrected chi connectivity index (χ0v) is 38.8. The number of hydrogen-bond acceptors (Lipinski definition) is 8. The first-order chi connectivity index (χ1) is 27.3. The third-order valence-corrected chi connectivity index (χ3v) is 12.7. The number of amides is 4. The van der Waals surface area contributed by atoms with Crippen LogP contribution in [0.4, 0.5) is 0 Å². The molecule has 338 valence electrons. The number of nitrogens with one attached hydrogen (secondary N) is 3. The van der Waals surface area contributed by atoms with Gasteiger partial charge in [-0.2, -0.15) is 0 Å². The van der Waals surface area contributed by atoms with Crippen LogP contribution in [-0.2, 0) is 33.4 Å². The average Bonchev–Trinajstić information content (AvgIpc) is 3.90. The first-order valence-corrected chi connectivity index (χ1v) is 22.5. The summed E-state index contributed by atoms with van der Waals surface area (Å²) in [6.45, 7) is 18.8. The average molecular weight is 824 g/mol. The van der Waals surface area contributed by atoms with E-state index in [0.717, 1.165) is 32.2 Å². The molecule has 0 aromatic heterocycles. The Hall–Kier alpha value is -2.77. The van der Waals surface area contributed by atoms with Crippen LogP contribution in [-0.4, -0.2) is 122 Å². The van der Waals surface area contributed by atoms with Gasteiger partial charge in [-0.05, 0) is 69.9 Å². The van der Waals surface area contributed by atoms with Crippen molar-refractivity contribution < 1.29 is 38.6 Å². The fourth-order valence-corrected chi connectivity index (χ4v) is 8.61. The predicted molar refractivity (Wildman–Crippen MR) is 231 cm³/mol. The van der Waals surface area contributed by atoms with Gasteiger partial charge in [-0.1, -0.05) is 113 Å². The molecule has 0 saturated heterocycles. The summed E-state index contributed by atoms with van der Waals surface area (Å²) < 4.78 is 11.7. The zero-order valence-electron chi connectivity index (χ0n) is 38.8. The monoisotopic (exact) mass is 824 g/mol. The molecule has 0 aromatic carbocycles. The molecule has 1 aliphatic rings. The maximum atomic E-state index is 14.3. The molecular formula is C45H85N5O8. The molecule has 0 aliphatic heterocycles. The first kappa shape index (κ1) is 53.2. The normalized spacial score (nSPS) is 20.2. The molecular weight excluding hydrogens is 739 g/mol. The van der Waals surface area contributed by atoms with E-state index in [2.05, 4.69) is 55.5 Å². The predicted octanol–water partition coefficient (Wildman–Crippen LogP) is 6.42. The van der Waals surface area contributed by atoms with Crippen molar-refractivity contribution in [2.75, 3.05) is 41.4 Å². The molecule has 0 spiro atoms. The van der Waals surface area contributed by atoms with Crippen molar-refractivity contribution in [3.63, 3.8) is 0 Å². The van der Waals surface area contributed by atoms with Gasteiger partial charge in [-0.25, -0.2) is 0 Å². The Labute approximate surface area is 352 Å². The molecule has 0 bridgehead atoms.